The van der Waals surface area contributed by atoms with Crippen molar-refractivity contribution in [2.45, 2.75) is 45.4 Å². The number of aromatic nitrogens is 1. The zero-order chi connectivity index (χ0) is 23.8. The lowest BCUT2D eigenvalue weighted by Crippen LogP contribution is -2.13. The molecule has 1 fully saturated rings. The van der Waals surface area contributed by atoms with Gasteiger partial charge in [-0.25, -0.2) is 4.98 Å². The summed E-state index contributed by atoms with van der Waals surface area (Å²) in [5.41, 5.74) is 4.93. The highest BCUT2D eigenvalue weighted by molar-refractivity contribution is 6.30. The fraction of sp³-hybridized carbons (Fsp3) is 0.290. The second-order valence-electron chi connectivity index (χ2n) is 8.90. The predicted molar refractivity (Wildman–Crippen MR) is 142 cm³/mol. The molecule has 4 rings (SSSR count). The Hall–Kier alpha value is -3.02. The third kappa shape index (κ3) is 6.52. The van der Waals surface area contributed by atoms with E-state index in [1.165, 1.54) is 25.7 Å². The molecule has 1 saturated carbocycles. The molecule has 0 N–H and O–H groups in total. The predicted octanol–water partition coefficient (Wildman–Crippen LogP) is 8.22. The SMILES string of the molecule is C=CC[C](CCOc1ccc(C#Cc2ccc(-c3ccc(Cl)cc3)cn2)cc1C)C1CCCC1. The first-order valence-electron chi connectivity index (χ1n) is 12.1. The highest BCUT2D eigenvalue weighted by atomic mass is 35.5. The van der Waals surface area contributed by atoms with E-state index in [0.717, 1.165) is 64.1 Å². The Morgan fingerprint density at radius 1 is 1.06 bits per heavy atom. The topological polar surface area (TPSA) is 22.1 Å². The standard InChI is InChI=1S/C31H31ClNO/c1-3-6-25(26-7-4-5-8-26)19-20-34-31-18-10-24(21-23(31)2)9-16-30-17-13-28(22-33-30)27-11-14-29(32)15-12-27/h3,10-15,17-18,21-22,26H,1,4-8,19-20H2,2H3. The molecule has 0 amide bonds. The maximum absolute atomic E-state index is 6.13. The summed E-state index contributed by atoms with van der Waals surface area (Å²) in [6.07, 6.45) is 11.3. The van der Waals surface area contributed by atoms with Crippen LogP contribution in [-0.4, -0.2) is 11.6 Å². The average molecular weight is 469 g/mol. The zero-order valence-corrected chi connectivity index (χ0v) is 20.6. The minimum Gasteiger partial charge on any atom is -0.493 e. The number of pyridine rings is 1. The molecule has 0 unspecified atom stereocenters. The van der Waals surface area contributed by atoms with Crippen molar-refractivity contribution < 1.29 is 4.74 Å². The van der Waals surface area contributed by atoms with E-state index in [2.05, 4.69) is 36.4 Å². The van der Waals surface area contributed by atoms with Crippen molar-refractivity contribution in [1.82, 2.24) is 4.98 Å². The first-order valence-corrected chi connectivity index (χ1v) is 12.4. The van der Waals surface area contributed by atoms with E-state index in [1.807, 2.05) is 60.8 Å². The van der Waals surface area contributed by atoms with Gasteiger partial charge in [0, 0.05) is 22.3 Å². The minimum absolute atomic E-state index is 0.718. The first kappa shape index (κ1) is 24.1. The highest BCUT2D eigenvalue weighted by Crippen LogP contribution is 2.36. The second-order valence-corrected chi connectivity index (χ2v) is 9.34. The van der Waals surface area contributed by atoms with Gasteiger partial charge in [0.15, 0.2) is 0 Å². The molecular formula is C31H31ClNO. The van der Waals surface area contributed by atoms with Gasteiger partial charge in [-0.2, -0.15) is 0 Å². The van der Waals surface area contributed by atoms with Crippen molar-refractivity contribution in [3.05, 3.63) is 101 Å². The third-order valence-corrected chi connectivity index (χ3v) is 6.72. The lowest BCUT2D eigenvalue weighted by atomic mass is 9.86. The van der Waals surface area contributed by atoms with Crippen molar-refractivity contribution in [1.29, 1.82) is 0 Å². The van der Waals surface area contributed by atoms with Crippen LogP contribution in [-0.2, 0) is 0 Å². The smallest absolute Gasteiger partial charge is 0.122 e. The van der Waals surface area contributed by atoms with E-state index in [0.29, 0.717) is 0 Å². The molecule has 1 aromatic heterocycles. The molecule has 1 heterocycles. The average Bonchev–Trinajstić information content (AvgIpc) is 3.39. The number of hydrogen-bond donors (Lipinski definition) is 0. The number of rotatable bonds is 8. The van der Waals surface area contributed by atoms with Crippen LogP contribution in [0.1, 0.15) is 55.3 Å². The van der Waals surface area contributed by atoms with E-state index in [4.69, 9.17) is 16.3 Å². The van der Waals surface area contributed by atoms with Crippen LogP contribution in [0.25, 0.3) is 11.1 Å². The summed E-state index contributed by atoms with van der Waals surface area (Å²) < 4.78 is 6.13. The monoisotopic (exact) mass is 468 g/mol. The van der Waals surface area contributed by atoms with Gasteiger partial charge in [0.05, 0.1) is 6.61 Å². The molecule has 2 nitrogen and oxygen atoms in total. The number of nitrogens with zero attached hydrogens (tertiary/aromatic N) is 1. The number of halogens is 1. The van der Waals surface area contributed by atoms with Crippen LogP contribution in [0.4, 0.5) is 0 Å². The van der Waals surface area contributed by atoms with Crippen LogP contribution in [0.15, 0.2) is 73.4 Å². The zero-order valence-electron chi connectivity index (χ0n) is 19.8. The van der Waals surface area contributed by atoms with Crippen molar-refractivity contribution in [2.24, 2.45) is 5.92 Å². The highest BCUT2D eigenvalue weighted by Gasteiger charge is 2.24. The van der Waals surface area contributed by atoms with Gasteiger partial charge < -0.3 is 4.74 Å². The fourth-order valence-corrected chi connectivity index (χ4v) is 4.72. The van der Waals surface area contributed by atoms with Crippen LogP contribution >= 0.6 is 11.6 Å². The van der Waals surface area contributed by atoms with E-state index in [1.54, 1.807) is 5.92 Å². The van der Waals surface area contributed by atoms with E-state index in [-0.39, 0.29) is 0 Å². The third-order valence-electron chi connectivity index (χ3n) is 6.47. The Morgan fingerprint density at radius 2 is 1.82 bits per heavy atom. The molecule has 0 spiro atoms. The quantitative estimate of drug-likeness (QED) is 0.245. The Labute approximate surface area is 209 Å². The molecule has 0 atom stereocenters. The normalized spacial score (nSPS) is 13.5. The number of aryl methyl sites for hydroxylation is 1. The molecule has 3 aromatic rings. The summed E-state index contributed by atoms with van der Waals surface area (Å²) in [5.74, 6) is 9.67. The van der Waals surface area contributed by atoms with Gasteiger partial charge >= 0.3 is 0 Å². The van der Waals surface area contributed by atoms with Crippen molar-refractivity contribution >= 4 is 11.6 Å². The molecule has 0 aliphatic heterocycles. The second kappa shape index (κ2) is 11.9. The number of benzene rings is 2. The van der Waals surface area contributed by atoms with Crippen molar-refractivity contribution in [3.63, 3.8) is 0 Å². The van der Waals surface area contributed by atoms with Gasteiger partial charge in [0.2, 0.25) is 0 Å². The summed E-state index contributed by atoms with van der Waals surface area (Å²) in [4.78, 5) is 4.50. The first-order chi connectivity index (χ1) is 16.6. The van der Waals surface area contributed by atoms with Crippen LogP contribution in [0.3, 0.4) is 0 Å². The fourth-order valence-electron chi connectivity index (χ4n) is 4.59. The largest absolute Gasteiger partial charge is 0.493 e. The summed E-state index contributed by atoms with van der Waals surface area (Å²) in [5, 5.41) is 0.728. The minimum atomic E-state index is 0.718. The van der Waals surface area contributed by atoms with Gasteiger partial charge in [0.25, 0.3) is 0 Å². The molecule has 1 aliphatic carbocycles. The Kier molecular flexibility index (Phi) is 8.45. The Morgan fingerprint density at radius 3 is 2.50 bits per heavy atom. The van der Waals surface area contributed by atoms with Crippen LogP contribution in [0, 0.1) is 30.6 Å². The van der Waals surface area contributed by atoms with Gasteiger partial charge in [-0.1, -0.05) is 54.6 Å². The van der Waals surface area contributed by atoms with Crippen LogP contribution < -0.4 is 4.74 Å². The Balaban J connectivity index is 1.34. The maximum atomic E-state index is 6.13. The summed E-state index contributed by atoms with van der Waals surface area (Å²) >= 11 is 5.97. The lowest BCUT2D eigenvalue weighted by Gasteiger charge is -2.21. The molecule has 3 heteroatoms. The van der Waals surface area contributed by atoms with Crippen molar-refractivity contribution in [2.75, 3.05) is 6.61 Å². The molecule has 1 radical (unpaired) electrons. The molecular weight excluding hydrogens is 438 g/mol. The number of allylic oxidation sites excluding steroid dienone is 1. The van der Waals surface area contributed by atoms with E-state index >= 15 is 0 Å². The van der Waals surface area contributed by atoms with Crippen LogP contribution in [0.2, 0.25) is 5.02 Å². The molecule has 0 saturated heterocycles. The molecule has 2 aromatic carbocycles. The molecule has 173 valence electrons. The van der Waals surface area contributed by atoms with Gasteiger partial charge in [0.1, 0.15) is 11.4 Å². The summed E-state index contributed by atoms with van der Waals surface area (Å²) in [6.45, 7) is 6.73. The maximum Gasteiger partial charge on any atom is 0.122 e. The van der Waals surface area contributed by atoms with Crippen molar-refractivity contribution in [3.8, 4) is 28.7 Å². The van der Waals surface area contributed by atoms with Crippen LogP contribution in [0.5, 0.6) is 5.75 Å². The van der Waals surface area contributed by atoms with Gasteiger partial charge in [-0.15, -0.1) is 6.58 Å². The van der Waals surface area contributed by atoms with Gasteiger partial charge in [-0.05, 0) is 97.9 Å². The summed E-state index contributed by atoms with van der Waals surface area (Å²) in [7, 11) is 0. The molecule has 34 heavy (non-hydrogen) atoms. The molecule has 0 bridgehead atoms. The summed E-state index contributed by atoms with van der Waals surface area (Å²) in [6, 6.07) is 17.9. The Bertz CT molecular complexity index is 1150. The lowest BCUT2D eigenvalue weighted by molar-refractivity contribution is 0.299. The molecule has 1 aliphatic rings. The van der Waals surface area contributed by atoms with Gasteiger partial charge in [-0.3, -0.25) is 0 Å². The number of ether oxygens (including phenoxy) is 1. The van der Waals surface area contributed by atoms with E-state index in [9.17, 15) is 0 Å². The van der Waals surface area contributed by atoms with E-state index < -0.39 is 0 Å². The number of hydrogen-bond acceptors (Lipinski definition) is 2.